The summed E-state index contributed by atoms with van der Waals surface area (Å²) in [5.74, 6) is -1.16. The summed E-state index contributed by atoms with van der Waals surface area (Å²) in [5.41, 5.74) is 0.0481. The van der Waals surface area contributed by atoms with Gasteiger partial charge in [0.1, 0.15) is 0 Å². The molecule has 2 unspecified atom stereocenters. The fourth-order valence-electron chi connectivity index (χ4n) is 1.34. The van der Waals surface area contributed by atoms with Crippen LogP contribution < -0.4 is 5.32 Å². The minimum atomic E-state index is -0.779. The summed E-state index contributed by atoms with van der Waals surface area (Å²) in [7, 11) is 0. The number of nitrogens with one attached hydrogen (secondary N) is 1. The van der Waals surface area contributed by atoms with Crippen LogP contribution in [-0.2, 0) is 4.79 Å². The van der Waals surface area contributed by atoms with Crippen LogP contribution in [0.1, 0.15) is 26.7 Å². The third-order valence-corrected chi connectivity index (χ3v) is 3.23. The SMILES string of the molecule is CC(NCC1(CO)CC1)C(C)C(=O)O. The van der Waals surface area contributed by atoms with Crippen molar-refractivity contribution in [3.05, 3.63) is 0 Å². The molecule has 3 N–H and O–H groups in total. The van der Waals surface area contributed by atoms with Gasteiger partial charge in [-0.1, -0.05) is 6.92 Å². The van der Waals surface area contributed by atoms with Crippen molar-refractivity contribution in [1.82, 2.24) is 5.32 Å². The van der Waals surface area contributed by atoms with E-state index in [9.17, 15) is 4.79 Å². The van der Waals surface area contributed by atoms with Crippen LogP contribution in [0, 0.1) is 11.3 Å². The molecule has 0 aromatic carbocycles. The molecule has 0 saturated heterocycles. The van der Waals surface area contributed by atoms with Crippen LogP contribution in [0.4, 0.5) is 0 Å². The topological polar surface area (TPSA) is 69.6 Å². The van der Waals surface area contributed by atoms with Crippen LogP contribution in [0.5, 0.6) is 0 Å². The molecule has 0 aliphatic heterocycles. The smallest absolute Gasteiger partial charge is 0.307 e. The molecule has 2 atom stereocenters. The summed E-state index contributed by atoms with van der Waals surface area (Å²) >= 11 is 0. The molecule has 0 aromatic heterocycles. The highest BCUT2D eigenvalue weighted by Gasteiger charge is 2.42. The van der Waals surface area contributed by atoms with Gasteiger partial charge >= 0.3 is 5.97 Å². The van der Waals surface area contributed by atoms with E-state index in [2.05, 4.69) is 5.32 Å². The van der Waals surface area contributed by atoms with Gasteiger partial charge in [0.05, 0.1) is 5.92 Å². The minimum Gasteiger partial charge on any atom is -0.481 e. The molecular weight excluding hydrogens is 182 g/mol. The van der Waals surface area contributed by atoms with E-state index in [0.717, 1.165) is 19.4 Å². The van der Waals surface area contributed by atoms with Crippen molar-refractivity contribution in [2.24, 2.45) is 11.3 Å². The Morgan fingerprint density at radius 1 is 1.50 bits per heavy atom. The van der Waals surface area contributed by atoms with Crippen LogP contribution >= 0.6 is 0 Å². The molecular formula is C10H19NO3. The minimum absolute atomic E-state index is 0.0449. The largest absolute Gasteiger partial charge is 0.481 e. The maximum Gasteiger partial charge on any atom is 0.307 e. The summed E-state index contributed by atoms with van der Waals surface area (Å²) in [4.78, 5) is 10.7. The molecule has 1 fully saturated rings. The Bertz CT molecular complexity index is 213. The standard InChI is InChI=1S/C10H19NO3/c1-7(9(13)14)8(2)11-5-10(6-12)3-4-10/h7-8,11-12H,3-6H2,1-2H3,(H,13,14). The lowest BCUT2D eigenvalue weighted by Gasteiger charge is -2.21. The average Bonchev–Trinajstić information content (AvgIpc) is 2.93. The molecule has 1 aliphatic rings. The lowest BCUT2D eigenvalue weighted by molar-refractivity contribution is -0.141. The molecule has 0 bridgehead atoms. The van der Waals surface area contributed by atoms with E-state index in [0.29, 0.717) is 0 Å². The lowest BCUT2D eigenvalue weighted by Crippen LogP contribution is -2.40. The number of aliphatic carboxylic acids is 1. The number of aliphatic hydroxyl groups excluding tert-OH is 1. The number of rotatable bonds is 6. The van der Waals surface area contributed by atoms with Crippen molar-refractivity contribution in [2.75, 3.05) is 13.2 Å². The second-order valence-electron chi connectivity index (χ2n) is 4.45. The first-order valence-electron chi connectivity index (χ1n) is 5.08. The van der Waals surface area contributed by atoms with Gasteiger partial charge in [-0.15, -0.1) is 0 Å². The van der Waals surface area contributed by atoms with Gasteiger partial charge in [0.2, 0.25) is 0 Å². The zero-order valence-electron chi connectivity index (χ0n) is 8.79. The van der Waals surface area contributed by atoms with Gasteiger partial charge in [0, 0.05) is 24.6 Å². The van der Waals surface area contributed by atoms with Gasteiger partial charge in [-0.2, -0.15) is 0 Å². The van der Waals surface area contributed by atoms with E-state index >= 15 is 0 Å². The maximum absolute atomic E-state index is 10.7. The van der Waals surface area contributed by atoms with Crippen molar-refractivity contribution in [1.29, 1.82) is 0 Å². The number of hydrogen-bond acceptors (Lipinski definition) is 3. The zero-order valence-corrected chi connectivity index (χ0v) is 8.79. The van der Waals surface area contributed by atoms with Gasteiger partial charge in [0.15, 0.2) is 0 Å². The van der Waals surface area contributed by atoms with E-state index < -0.39 is 5.97 Å². The molecule has 14 heavy (non-hydrogen) atoms. The zero-order chi connectivity index (χ0) is 10.8. The first-order valence-corrected chi connectivity index (χ1v) is 5.08. The Balaban J connectivity index is 2.27. The first kappa shape index (κ1) is 11.5. The third-order valence-electron chi connectivity index (χ3n) is 3.23. The summed E-state index contributed by atoms with van der Waals surface area (Å²) in [6.45, 7) is 4.49. The first-order chi connectivity index (χ1) is 6.51. The number of hydrogen-bond donors (Lipinski definition) is 3. The molecule has 4 nitrogen and oxygen atoms in total. The quantitative estimate of drug-likeness (QED) is 0.584. The Labute approximate surface area is 84.3 Å². The molecule has 0 heterocycles. The predicted molar refractivity (Wildman–Crippen MR) is 53.0 cm³/mol. The fraction of sp³-hybridized carbons (Fsp3) is 0.900. The van der Waals surface area contributed by atoms with E-state index in [4.69, 9.17) is 10.2 Å². The van der Waals surface area contributed by atoms with Gasteiger partial charge in [-0.05, 0) is 19.8 Å². The molecule has 1 saturated carbocycles. The van der Waals surface area contributed by atoms with Crippen molar-refractivity contribution < 1.29 is 15.0 Å². The third kappa shape index (κ3) is 2.69. The van der Waals surface area contributed by atoms with Crippen molar-refractivity contribution >= 4 is 5.97 Å². The van der Waals surface area contributed by atoms with Gasteiger partial charge in [-0.25, -0.2) is 0 Å². The Morgan fingerprint density at radius 2 is 2.07 bits per heavy atom. The second kappa shape index (κ2) is 4.28. The highest BCUT2D eigenvalue weighted by Crippen LogP contribution is 2.44. The maximum atomic E-state index is 10.7. The average molecular weight is 201 g/mol. The van der Waals surface area contributed by atoms with Gasteiger partial charge < -0.3 is 15.5 Å². The normalized spacial score (nSPS) is 22.8. The molecule has 0 aromatic rings. The second-order valence-corrected chi connectivity index (χ2v) is 4.45. The van der Waals surface area contributed by atoms with Crippen LogP contribution in [-0.4, -0.2) is 35.4 Å². The van der Waals surface area contributed by atoms with E-state index in [1.165, 1.54) is 0 Å². The molecule has 0 radical (unpaired) electrons. The van der Waals surface area contributed by atoms with E-state index in [1.807, 2.05) is 6.92 Å². The predicted octanol–water partition coefficient (Wildman–Crippen LogP) is 0.458. The van der Waals surface area contributed by atoms with E-state index in [-0.39, 0.29) is 24.0 Å². The molecule has 0 amide bonds. The lowest BCUT2D eigenvalue weighted by atomic mass is 10.0. The van der Waals surface area contributed by atoms with Crippen LogP contribution in [0.3, 0.4) is 0 Å². The Morgan fingerprint density at radius 3 is 2.43 bits per heavy atom. The van der Waals surface area contributed by atoms with Crippen molar-refractivity contribution in [2.45, 2.75) is 32.7 Å². The molecule has 1 rings (SSSR count). The number of carboxylic acids is 1. The van der Waals surface area contributed by atoms with Gasteiger partial charge in [0.25, 0.3) is 0 Å². The van der Waals surface area contributed by atoms with Gasteiger partial charge in [-0.3, -0.25) is 4.79 Å². The molecule has 82 valence electrons. The number of carboxylic acid groups (broad SMARTS) is 1. The highest BCUT2D eigenvalue weighted by atomic mass is 16.4. The molecule has 1 aliphatic carbocycles. The summed E-state index contributed by atoms with van der Waals surface area (Å²) in [6.07, 6.45) is 2.09. The van der Waals surface area contributed by atoms with Crippen LogP contribution in [0.15, 0.2) is 0 Å². The summed E-state index contributed by atoms with van der Waals surface area (Å²) < 4.78 is 0. The monoisotopic (exact) mass is 201 g/mol. The summed E-state index contributed by atoms with van der Waals surface area (Å²) in [6, 6.07) is -0.0449. The Kier molecular flexibility index (Phi) is 3.50. The molecule has 4 heteroatoms. The van der Waals surface area contributed by atoms with Crippen LogP contribution in [0.25, 0.3) is 0 Å². The van der Waals surface area contributed by atoms with Crippen molar-refractivity contribution in [3.8, 4) is 0 Å². The summed E-state index contributed by atoms with van der Waals surface area (Å²) in [5, 5.41) is 21.0. The van der Waals surface area contributed by atoms with Crippen LogP contribution in [0.2, 0.25) is 0 Å². The fourth-order valence-corrected chi connectivity index (χ4v) is 1.34. The number of carbonyl (C=O) groups is 1. The Hall–Kier alpha value is -0.610. The highest BCUT2D eigenvalue weighted by molar-refractivity contribution is 5.70. The number of aliphatic hydroxyl groups is 1. The van der Waals surface area contributed by atoms with Crippen molar-refractivity contribution in [3.63, 3.8) is 0 Å². The molecule has 0 spiro atoms. The van der Waals surface area contributed by atoms with E-state index in [1.54, 1.807) is 6.92 Å².